The van der Waals surface area contributed by atoms with Crippen molar-refractivity contribution in [1.29, 1.82) is 0 Å². The summed E-state index contributed by atoms with van der Waals surface area (Å²) in [6.45, 7) is 3.39. The normalized spacial score (nSPS) is 15.2. The summed E-state index contributed by atoms with van der Waals surface area (Å²) in [4.78, 5) is 31.1. The monoisotopic (exact) mass is 501 g/mol. The van der Waals surface area contributed by atoms with E-state index >= 15 is 0 Å². The molecule has 7 nitrogen and oxygen atoms in total. The highest BCUT2D eigenvalue weighted by atomic mass is 35.5. The van der Waals surface area contributed by atoms with Crippen LogP contribution in [0, 0.1) is 6.92 Å². The van der Waals surface area contributed by atoms with Crippen LogP contribution in [0.4, 0.5) is 0 Å². The fourth-order valence-electron chi connectivity index (χ4n) is 4.49. The number of nitrogens with zero attached hydrogens (tertiary/aromatic N) is 3. The van der Waals surface area contributed by atoms with E-state index in [2.05, 4.69) is 10.1 Å². The first kappa shape index (κ1) is 23.8. The molecule has 182 valence electrons. The highest BCUT2D eigenvalue weighted by Gasteiger charge is 2.35. The van der Waals surface area contributed by atoms with Gasteiger partial charge in [0.25, 0.3) is 5.91 Å². The Hall–Kier alpha value is -3.97. The first-order valence-electron chi connectivity index (χ1n) is 11.7. The minimum atomic E-state index is -0.565. The van der Waals surface area contributed by atoms with Gasteiger partial charge in [0.2, 0.25) is 0 Å². The van der Waals surface area contributed by atoms with Crippen LogP contribution in [0.25, 0.3) is 10.9 Å². The summed E-state index contributed by atoms with van der Waals surface area (Å²) in [6.07, 6.45) is 2.69. The predicted octanol–water partition coefficient (Wildman–Crippen LogP) is 5.89. The van der Waals surface area contributed by atoms with Gasteiger partial charge in [-0.3, -0.25) is 9.78 Å². The number of para-hydroxylation sites is 1. The van der Waals surface area contributed by atoms with Crippen LogP contribution in [0.3, 0.4) is 0 Å². The molecule has 1 atom stereocenters. The quantitative estimate of drug-likeness (QED) is 0.308. The average molecular weight is 502 g/mol. The lowest BCUT2D eigenvalue weighted by Crippen LogP contribution is -2.31. The van der Waals surface area contributed by atoms with Gasteiger partial charge < -0.3 is 9.15 Å². The van der Waals surface area contributed by atoms with Gasteiger partial charge in [-0.05, 0) is 54.8 Å². The maximum Gasteiger partial charge on any atom is 0.339 e. The largest absolute Gasteiger partial charge is 0.467 e. The number of esters is 1. The summed E-state index contributed by atoms with van der Waals surface area (Å²) in [7, 11) is 0. The van der Waals surface area contributed by atoms with Gasteiger partial charge in [-0.25, -0.2) is 9.80 Å². The molecule has 0 radical (unpaired) electrons. The van der Waals surface area contributed by atoms with Crippen molar-refractivity contribution in [3.63, 3.8) is 0 Å². The SMILES string of the molecule is CCc1nc2ccccc2c(C(=O)OCC(=O)N2N=C(c3ccc(Cl)cc3)CC2c2ccco2)c1C. The average Bonchev–Trinajstić information content (AvgIpc) is 3.57. The fourth-order valence-corrected chi connectivity index (χ4v) is 4.62. The van der Waals surface area contributed by atoms with E-state index in [-0.39, 0.29) is 0 Å². The molecule has 0 bridgehead atoms. The Morgan fingerprint density at radius 2 is 1.89 bits per heavy atom. The summed E-state index contributed by atoms with van der Waals surface area (Å²) in [5.41, 5.74) is 4.30. The Kier molecular flexibility index (Phi) is 6.57. The minimum Gasteiger partial charge on any atom is -0.467 e. The van der Waals surface area contributed by atoms with Crippen LogP contribution in [-0.4, -0.2) is 34.2 Å². The zero-order valence-electron chi connectivity index (χ0n) is 19.9. The third kappa shape index (κ3) is 4.50. The second kappa shape index (κ2) is 9.95. The summed E-state index contributed by atoms with van der Waals surface area (Å²) >= 11 is 6.02. The molecule has 0 saturated heterocycles. The molecule has 0 N–H and O–H groups in total. The van der Waals surface area contributed by atoms with Gasteiger partial charge in [0.05, 0.1) is 23.1 Å². The molecule has 1 unspecified atom stereocenters. The van der Waals surface area contributed by atoms with Crippen LogP contribution in [0.2, 0.25) is 5.02 Å². The number of furan rings is 1. The van der Waals surface area contributed by atoms with Crippen LogP contribution in [0.1, 0.15) is 52.3 Å². The molecule has 1 aliphatic rings. The molecule has 5 rings (SSSR count). The topological polar surface area (TPSA) is 85.0 Å². The van der Waals surface area contributed by atoms with Gasteiger partial charge in [-0.2, -0.15) is 5.10 Å². The number of carbonyl (C=O) groups is 2. The lowest BCUT2D eigenvalue weighted by molar-refractivity contribution is -0.136. The molecule has 0 aliphatic carbocycles. The van der Waals surface area contributed by atoms with Crippen molar-refractivity contribution in [3.05, 3.63) is 100 Å². The Morgan fingerprint density at radius 3 is 2.61 bits per heavy atom. The summed E-state index contributed by atoms with van der Waals surface area (Å²) < 4.78 is 11.1. The highest BCUT2D eigenvalue weighted by Crippen LogP contribution is 2.33. The smallest absolute Gasteiger partial charge is 0.339 e. The highest BCUT2D eigenvalue weighted by molar-refractivity contribution is 6.30. The van der Waals surface area contributed by atoms with Crippen molar-refractivity contribution in [2.24, 2.45) is 5.10 Å². The van der Waals surface area contributed by atoms with E-state index < -0.39 is 24.5 Å². The molecule has 1 aliphatic heterocycles. The summed E-state index contributed by atoms with van der Waals surface area (Å²) in [5.74, 6) is -0.406. The van der Waals surface area contributed by atoms with Crippen LogP contribution < -0.4 is 0 Å². The molecule has 0 saturated carbocycles. The van der Waals surface area contributed by atoms with E-state index in [9.17, 15) is 9.59 Å². The number of rotatable bonds is 6. The number of aryl methyl sites for hydroxylation is 1. The maximum atomic E-state index is 13.3. The fraction of sp³-hybridized carbons (Fsp3) is 0.214. The molecular formula is C28H24ClN3O4. The number of pyridine rings is 1. The van der Waals surface area contributed by atoms with Crippen molar-refractivity contribution >= 4 is 40.1 Å². The number of benzene rings is 2. The van der Waals surface area contributed by atoms with E-state index in [4.69, 9.17) is 20.8 Å². The van der Waals surface area contributed by atoms with Crippen molar-refractivity contribution < 1.29 is 18.7 Å². The molecule has 2 aromatic carbocycles. The number of carbonyl (C=O) groups excluding carboxylic acids is 2. The zero-order chi connectivity index (χ0) is 25.2. The number of aromatic nitrogens is 1. The number of amides is 1. The van der Waals surface area contributed by atoms with Crippen molar-refractivity contribution in [2.45, 2.75) is 32.7 Å². The lowest BCUT2D eigenvalue weighted by atomic mass is 10.0. The third-order valence-corrected chi connectivity index (χ3v) is 6.57. The number of hydrazone groups is 1. The van der Waals surface area contributed by atoms with E-state index in [1.165, 1.54) is 5.01 Å². The zero-order valence-corrected chi connectivity index (χ0v) is 20.7. The Morgan fingerprint density at radius 1 is 1.11 bits per heavy atom. The molecule has 0 fully saturated rings. The number of ether oxygens (including phenoxy) is 1. The van der Waals surface area contributed by atoms with Gasteiger partial charge in [-0.1, -0.05) is 48.9 Å². The Balaban J connectivity index is 1.40. The van der Waals surface area contributed by atoms with Crippen molar-refractivity contribution in [2.75, 3.05) is 6.61 Å². The van der Waals surface area contributed by atoms with Crippen LogP contribution in [0.15, 0.2) is 76.4 Å². The van der Waals surface area contributed by atoms with Gasteiger partial charge in [0, 0.05) is 22.5 Å². The second-order valence-electron chi connectivity index (χ2n) is 8.53. The van der Waals surface area contributed by atoms with E-state index in [0.29, 0.717) is 40.1 Å². The number of fused-ring (bicyclic) bond motifs is 1. The second-order valence-corrected chi connectivity index (χ2v) is 8.97. The van der Waals surface area contributed by atoms with E-state index in [0.717, 1.165) is 22.5 Å². The number of hydrogen-bond donors (Lipinski definition) is 0. The lowest BCUT2D eigenvalue weighted by Gasteiger charge is -2.20. The van der Waals surface area contributed by atoms with Crippen molar-refractivity contribution in [1.82, 2.24) is 9.99 Å². The molecule has 0 spiro atoms. The first-order chi connectivity index (χ1) is 17.5. The summed E-state index contributed by atoms with van der Waals surface area (Å²) in [6, 6.07) is 17.8. The van der Waals surface area contributed by atoms with Crippen LogP contribution in [-0.2, 0) is 16.0 Å². The molecule has 36 heavy (non-hydrogen) atoms. The molecule has 3 heterocycles. The standard InChI is InChI=1S/C28H24ClN3O4/c1-3-21-17(2)27(20-7-4-5-8-22(20)30-21)28(34)36-16-26(33)32-24(25-9-6-14-35-25)15-23(31-32)18-10-12-19(29)13-11-18/h4-14,24H,3,15-16H2,1-2H3. The predicted molar refractivity (Wildman–Crippen MR) is 137 cm³/mol. The van der Waals surface area contributed by atoms with Crippen LogP contribution in [0.5, 0.6) is 0 Å². The molecule has 2 aromatic heterocycles. The van der Waals surface area contributed by atoms with Gasteiger partial charge in [0.1, 0.15) is 11.8 Å². The Bertz CT molecular complexity index is 1460. The number of hydrogen-bond acceptors (Lipinski definition) is 6. The molecular weight excluding hydrogens is 478 g/mol. The molecule has 8 heteroatoms. The van der Waals surface area contributed by atoms with Crippen molar-refractivity contribution in [3.8, 4) is 0 Å². The van der Waals surface area contributed by atoms with E-state index in [1.807, 2.05) is 50.2 Å². The van der Waals surface area contributed by atoms with Gasteiger partial charge in [0.15, 0.2) is 6.61 Å². The molecule has 1 amide bonds. The number of halogens is 1. The minimum absolute atomic E-state index is 0.430. The van der Waals surface area contributed by atoms with E-state index in [1.54, 1.807) is 30.5 Å². The maximum absolute atomic E-state index is 13.3. The summed E-state index contributed by atoms with van der Waals surface area (Å²) in [5, 5.41) is 7.22. The Labute approximate surface area is 213 Å². The van der Waals surface area contributed by atoms with Gasteiger partial charge >= 0.3 is 5.97 Å². The van der Waals surface area contributed by atoms with Gasteiger partial charge in [-0.15, -0.1) is 0 Å². The van der Waals surface area contributed by atoms with Crippen LogP contribution >= 0.6 is 11.6 Å². The molecule has 4 aromatic rings. The first-order valence-corrected chi connectivity index (χ1v) is 12.1. The third-order valence-electron chi connectivity index (χ3n) is 6.32.